The van der Waals surface area contributed by atoms with Gasteiger partial charge in [-0.3, -0.25) is 0 Å². The minimum absolute atomic E-state index is 0.156. The van der Waals surface area contributed by atoms with E-state index < -0.39 is 10.0 Å². The van der Waals surface area contributed by atoms with Gasteiger partial charge in [0, 0.05) is 12.6 Å². The van der Waals surface area contributed by atoms with Crippen molar-refractivity contribution in [1.29, 1.82) is 0 Å². The molecule has 16 heavy (non-hydrogen) atoms. The van der Waals surface area contributed by atoms with Crippen molar-refractivity contribution in [1.82, 2.24) is 4.31 Å². The molecular weight excluding hydrogens is 246 g/mol. The van der Waals surface area contributed by atoms with Gasteiger partial charge in [-0.25, -0.2) is 8.42 Å². The molecule has 0 radical (unpaired) electrons. The van der Waals surface area contributed by atoms with Gasteiger partial charge in [0.15, 0.2) is 0 Å². The number of hydrogen-bond donors (Lipinski definition) is 0. The van der Waals surface area contributed by atoms with Crippen LogP contribution in [0.5, 0.6) is 0 Å². The van der Waals surface area contributed by atoms with Gasteiger partial charge in [-0.15, -0.1) is 11.6 Å². The van der Waals surface area contributed by atoms with Gasteiger partial charge in [-0.1, -0.05) is 30.3 Å². The second-order valence-corrected chi connectivity index (χ2v) is 6.49. The highest BCUT2D eigenvalue weighted by molar-refractivity contribution is 7.90. The number of alkyl halides is 1. The SMILES string of the molecule is O=S(=O)(CCl)N(Cc1ccccc1)C1CC1. The van der Waals surface area contributed by atoms with E-state index in [0.717, 1.165) is 18.4 Å². The molecule has 1 aromatic carbocycles. The zero-order valence-electron chi connectivity index (χ0n) is 8.84. The molecule has 1 saturated carbocycles. The van der Waals surface area contributed by atoms with Crippen molar-refractivity contribution in [3.05, 3.63) is 35.9 Å². The van der Waals surface area contributed by atoms with Crippen LogP contribution in [0.4, 0.5) is 0 Å². The number of hydrogen-bond acceptors (Lipinski definition) is 2. The van der Waals surface area contributed by atoms with E-state index in [9.17, 15) is 8.42 Å². The molecule has 0 amide bonds. The third-order valence-electron chi connectivity index (χ3n) is 2.63. The molecular formula is C11H14ClNO2S. The standard InChI is InChI=1S/C11H14ClNO2S/c12-9-16(14,15)13(11-6-7-11)8-10-4-2-1-3-5-10/h1-5,11H,6-9H2. The molecule has 2 rings (SSSR count). The lowest BCUT2D eigenvalue weighted by atomic mass is 10.2. The molecule has 0 bridgehead atoms. The van der Waals surface area contributed by atoms with Crippen molar-refractivity contribution < 1.29 is 8.42 Å². The van der Waals surface area contributed by atoms with Crippen molar-refractivity contribution in [3.8, 4) is 0 Å². The first-order valence-electron chi connectivity index (χ1n) is 5.23. The van der Waals surface area contributed by atoms with Gasteiger partial charge in [0.1, 0.15) is 5.21 Å². The zero-order chi connectivity index (χ0) is 11.6. The van der Waals surface area contributed by atoms with E-state index in [2.05, 4.69) is 0 Å². The number of nitrogens with zero attached hydrogens (tertiary/aromatic N) is 1. The van der Waals surface area contributed by atoms with Gasteiger partial charge >= 0.3 is 0 Å². The fourth-order valence-electron chi connectivity index (χ4n) is 1.64. The highest BCUT2D eigenvalue weighted by atomic mass is 35.5. The molecule has 1 fully saturated rings. The first-order chi connectivity index (χ1) is 7.63. The van der Waals surface area contributed by atoms with E-state index in [1.165, 1.54) is 4.31 Å². The quantitative estimate of drug-likeness (QED) is 0.760. The lowest BCUT2D eigenvalue weighted by Crippen LogP contribution is -2.33. The van der Waals surface area contributed by atoms with Crippen LogP contribution in [0.2, 0.25) is 0 Å². The largest absolute Gasteiger partial charge is 0.228 e. The smallest absolute Gasteiger partial charge is 0.211 e. The molecule has 5 heteroatoms. The molecule has 0 aliphatic heterocycles. The molecule has 3 nitrogen and oxygen atoms in total. The third kappa shape index (κ3) is 2.75. The molecule has 0 unspecified atom stereocenters. The fraction of sp³-hybridized carbons (Fsp3) is 0.455. The highest BCUT2D eigenvalue weighted by Gasteiger charge is 2.36. The van der Waals surface area contributed by atoms with Gasteiger partial charge in [-0.05, 0) is 18.4 Å². The van der Waals surface area contributed by atoms with Gasteiger partial charge in [0.05, 0.1) is 0 Å². The van der Waals surface area contributed by atoms with Crippen molar-refractivity contribution in [2.75, 3.05) is 5.21 Å². The molecule has 0 atom stereocenters. The zero-order valence-corrected chi connectivity index (χ0v) is 10.4. The Balaban J connectivity index is 2.16. The summed E-state index contributed by atoms with van der Waals surface area (Å²) in [6.45, 7) is 0.431. The van der Waals surface area contributed by atoms with Crippen molar-refractivity contribution in [2.45, 2.75) is 25.4 Å². The summed E-state index contributed by atoms with van der Waals surface area (Å²) in [6.07, 6.45) is 1.89. The van der Waals surface area contributed by atoms with Gasteiger partial charge in [0.2, 0.25) is 10.0 Å². The van der Waals surface area contributed by atoms with Crippen LogP contribution < -0.4 is 0 Å². The summed E-state index contributed by atoms with van der Waals surface area (Å²) in [7, 11) is -3.30. The van der Waals surface area contributed by atoms with E-state index in [0.29, 0.717) is 6.54 Å². The van der Waals surface area contributed by atoms with Crippen molar-refractivity contribution >= 4 is 21.6 Å². The van der Waals surface area contributed by atoms with Crippen LogP contribution in [0.15, 0.2) is 30.3 Å². The Bertz CT molecular complexity index is 442. The average molecular weight is 260 g/mol. The number of benzene rings is 1. The number of halogens is 1. The summed E-state index contributed by atoms with van der Waals surface area (Å²) < 4.78 is 25.1. The first-order valence-corrected chi connectivity index (χ1v) is 7.37. The normalized spacial score (nSPS) is 16.6. The van der Waals surface area contributed by atoms with E-state index in [4.69, 9.17) is 11.6 Å². The summed E-state index contributed by atoms with van der Waals surface area (Å²) in [4.78, 5) is 0. The molecule has 88 valence electrons. The number of rotatable bonds is 5. The molecule has 1 aliphatic carbocycles. The van der Waals surface area contributed by atoms with Gasteiger partial charge in [0.25, 0.3) is 0 Å². The van der Waals surface area contributed by atoms with Crippen molar-refractivity contribution in [3.63, 3.8) is 0 Å². The summed E-state index contributed by atoms with van der Waals surface area (Å²) in [5.74, 6) is 0. The molecule has 1 aliphatic rings. The van der Waals surface area contributed by atoms with Gasteiger partial charge in [-0.2, -0.15) is 4.31 Å². The lowest BCUT2D eigenvalue weighted by molar-refractivity contribution is 0.401. The maximum atomic E-state index is 11.8. The average Bonchev–Trinajstić information content (AvgIpc) is 3.11. The topological polar surface area (TPSA) is 37.4 Å². The minimum atomic E-state index is -3.30. The Morgan fingerprint density at radius 3 is 2.38 bits per heavy atom. The van der Waals surface area contributed by atoms with E-state index in [1.54, 1.807) is 0 Å². The Labute approximate surface area is 101 Å². The maximum Gasteiger partial charge on any atom is 0.228 e. The summed E-state index contributed by atoms with van der Waals surface area (Å²) in [5, 5.41) is -0.337. The Morgan fingerprint density at radius 1 is 1.25 bits per heavy atom. The highest BCUT2D eigenvalue weighted by Crippen LogP contribution is 2.31. The fourth-order valence-corrected chi connectivity index (χ4v) is 3.16. The lowest BCUT2D eigenvalue weighted by Gasteiger charge is -2.20. The third-order valence-corrected chi connectivity index (χ3v) is 4.88. The van der Waals surface area contributed by atoms with E-state index >= 15 is 0 Å². The second kappa shape index (κ2) is 4.73. The predicted molar refractivity (Wildman–Crippen MR) is 64.6 cm³/mol. The second-order valence-electron chi connectivity index (χ2n) is 3.98. The monoisotopic (exact) mass is 259 g/mol. The van der Waals surface area contributed by atoms with Crippen LogP contribution in [-0.2, 0) is 16.6 Å². The van der Waals surface area contributed by atoms with E-state index in [1.807, 2.05) is 30.3 Å². The number of sulfonamides is 1. The Kier molecular flexibility index (Phi) is 3.52. The summed E-state index contributed by atoms with van der Waals surface area (Å²) in [5.41, 5.74) is 1.00. The molecule has 1 aromatic rings. The van der Waals surface area contributed by atoms with Crippen LogP contribution in [0.25, 0.3) is 0 Å². The predicted octanol–water partition coefficient (Wildman–Crippen LogP) is 2.18. The molecule has 0 N–H and O–H groups in total. The summed E-state index contributed by atoms with van der Waals surface area (Å²) >= 11 is 5.50. The molecule has 0 heterocycles. The van der Waals surface area contributed by atoms with Crippen molar-refractivity contribution in [2.24, 2.45) is 0 Å². The molecule has 0 spiro atoms. The van der Waals surface area contributed by atoms with Crippen LogP contribution in [0, 0.1) is 0 Å². The maximum absolute atomic E-state index is 11.8. The Hall–Kier alpha value is -0.580. The first kappa shape index (κ1) is 11.9. The van der Waals surface area contributed by atoms with E-state index in [-0.39, 0.29) is 11.3 Å². The molecule has 0 aromatic heterocycles. The molecule has 0 saturated heterocycles. The van der Waals surface area contributed by atoms with Crippen LogP contribution >= 0.6 is 11.6 Å². The van der Waals surface area contributed by atoms with Gasteiger partial charge < -0.3 is 0 Å². The van der Waals surface area contributed by atoms with Crippen LogP contribution in [0.1, 0.15) is 18.4 Å². The van der Waals surface area contributed by atoms with Crippen LogP contribution in [0.3, 0.4) is 0 Å². The van der Waals surface area contributed by atoms with Crippen LogP contribution in [-0.4, -0.2) is 24.0 Å². The Morgan fingerprint density at radius 2 is 1.88 bits per heavy atom. The minimum Gasteiger partial charge on any atom is -0.211 e. The summed E-state index contributed by atoms with van der Waals surface area (Å²) in [6, 6.07) is 9.75.